The van der Waals surface area contributed by atoms with Crippen LogP contribution in [-0.4, -0.2) is 4.98 Å². The molecule has 0 aromatic carbocycles. The third kappa shape index (κ3) is 2.84. The molecule has 1 heterocycles. The number of hydrogen-bond acceptors (Lipinski definition) is 1. The maximum absolute atomic E-state index is 12.3. The minimum absolute atomic E-state index is 0.0531. The highest BCUT2D eigenvalue weighted by molar-refractivity contribution is 6.31. The van der Waals surface area contributed by atoms with Gasteiger partial charge in [0.15, 0.2) is 0 Å². The van der Waals surface area contributed by atoms with Crippen molar-refractivity contribution >= 4 is 11.6 Å². The molecule has 0 aliphatic rings. The molecule has 0 saturated heterocycles. The molecular weight excluding hydrogens is 227 g/mol. The lowest BCUT2D eigenvalue weighted by Gasteiger charge is -2.19. The lowest BCUT2D eigenvalue weighted by atomic mass is 9.91. The lowest BCUT2D eigenvalue weighted by Crippen LogP contribution is -2.16. The van der Waals surface area contributed by atoms with Gasteiger partial charge >= 0.3 is 6.18 Å². The van der Waals surface area contributed by atoms with E-state index < -0.39 is 11.7 Å². The zero-order valence-corrected chi connectivity index (χ0v) is 9.37. The molecule has 0 spiro atoms. The smallest absolute Gasteiger partial charge is 0.259 e. The third-order valence-electron chi connectivity index (χ3n) is 1.88. The van der Waals surface area contributed by atoms with Gasteiger partial charge in [-0.15, -0.1) is 0 Å². The molecule has 1 aromatic heterocycles. The van der Waals surface area contributed by atoms with Gasteiger partial charge in [-0.05, 0) is 6.07 Å². The van der Waals surface area contributed by atoms with Gasteiger partial charge < -0.3 is 0 Å². The fourth-order valence-corrected chi connectivity index (χ4v) is 1.59. The average Bonchev–Trinajstić information content (AvgIpc) is 1.99. The van der Waals surface area contributed by atoms with E-state index >= 15 is 0 Å². The van der Waals surface area contributed by atoms with Crippen molar-refractivity contribution in [2.45, 2.75) is 32.4 Å². The van der Waals surface area contributed by atoms with E-state index in [0.29, 0.717) is 5.69 Å². The van der Waals surface area contributed by atoms with E-state index in [2.05, 4.69) is 4.98 Å². The summed E-state index contributed by atoms with van der Waals surface area (Å²) >= 11 is 5.76. The van der Waals surface area contributed by atoms with E-state index in [0.717, 1.165) is 12.3 Å². The number of rotatable bonds is 0. The highest BCUT2D eigenvalue weighted by Gasteiger charge is 2.32. The molecule has 84 valence electrons. The molecule has 0 aliphatic carbocycles. The molecule has 1 rings (SSSR count). The van der Waals surface area contributed by atoms with E-state index in [1.807, 2.05) is 20.8 Å². The van der Waals surface area contributed by atoms with Crippen LogP contribution in [0, 0.1) is 0 Å². The van der Waals surface area contributed by atoms with Crippen molar-refractivity contribution in [1.29, 1.82) is 0 Å². The van der Waals surface area contributed by atoms with E-state index in [1.165, 1.54) is 0 Å². The van der Waals surface area contributed by atoms with Crippen molar-refractivity contribution in [3.63, 3.8) is 0 Å². The largest absolute Gasteiger partial charge is 0.417 e. The maximum atomic E-state index is 12.3. The second-order valence-corrected chi connectivity index (χ2v) is 4.71. The van der Waals surface area contributed by atoms with Gasteiger partial charge in [-0.1, -0.05) is 32.4 Å². The van der Waals surface area contributed by atoms with Crippen LogP contribution in [0.1, 0.15) is 32.0 Å². The van der Waals surface area contributed by atoms with Gasteiger partial charge in [0.05, 0.1) is 16.3 Å². The Kier molecular flexibility index (Phi) is 3.01. The molecule has 15 heavy (non-hydrogen) atoms. The van der Waals surface area contributed by atoms with Crippen LogP contribution in [0.4, 0.5) is 13.2 Å². The Morgan fingerprint density at radius 2 is 1.73 bits per heavy atom. The van der Waals surface area contributed by atoms with Crippen LogP contribution in [0.15, 0.2) is 12.3 Å². The monoisotopic (exact) mass is 237 g/mol. The predicted octanol–water partition coefficient (Wildman–Crippen LogP) is 4.05. The Balaban J connectivity index is 3.21. The molecule has 1 nitrogen and oxygen atoms in total. The number of nitrogens with zero attached hydrogens (tertiary/aromatic N) is 1. The topological polar surface area (TPSA) is 12.9 Å². The van der Waals surface area contributed by atoms with Crippen LogP contribution in [0.5, 0.6) is 0 Å². The van der Waals surface area contributed by atoms with Gasteiger partial charge in [-0.2, -0.15) is 13.2 Å². The Bertz CT molecular complexity index is 366. The molecule has 5 heteroatoms. The first-order chi connectivity index (χ1) is 6.62. The highest BCUT2D eigenvalue weighted by atomic mass is 35.5. The molecule has 0 bridgehead atoms. The molecule has 0 aliphatic heterocycles. The Labute approximate surface area is 91.3 Å². The minimum atomic E-state index is -4.40. The zero-order chi connectivity index (χ0) is 11.9. The van der Waals surface area contributed by atoms with Crippen LogP contribution in [-0.2, 0) is 11.6 Å². The van der Waals surface area contributed by atoms with Crippen molar-refractivity contribution < 1.29 is 13.2 Å². The summed E-state index contributed by atoms with van der Waals surface area (Å²) in [5.41, 5.74) is -0.709. The van der Waals surface area contributed by atoms with Gasteiger partial charge in [0.25, 0.3) is 0 Å². The van der Waals surface area contributed by atoms with Crippen LogP contribution in [0.25, 0.3) is 0 Å². The quantitative estimate of drug-likeness (QED) is 0.663. The third-order valence-corrected chi connectivity index (χ3v) is 2.17. The van der Waals surface area contributed by atoms with Gasteiger partial charge in [0, 0.05) is 11.6 Å². The summed E-state index contributed by atoms with van der Waals surface area (Å²) in [6.45, 7) is 5.53. The molecule has 0 atom stereocenters. The normalized spacial score (nSPS) is 13.0. The number of alkyl halides is 3. The van der Waals surface area contributed by atoms with Crippen molar-refractivity contribution in [3.05, 3.63) is 28.5 Å². The molecule has 0 radical (unpaired) electrons. The summed E-state index contributed by atoms with van der Waals surface area (Å²) in [5.74, 6) is 0. The molecule has 0 fully saturated rings. The summed E-state index contributed by atoms with van der Waals surface area (Å²) in [6, 6.07) is 0.912. The van der Waals surface area contributed by atoms with Crippen molar-refractivity contribution in [2.24, 2.45) is 0 Å². The van der Waals surface area contributed by atoms with Crippen molar-refractivity contribution in [1.82, 2.24) is 4.98 Å². The van der Waals surface area contributed by atoms with Crippen LogP contribution >= 0.6 is 11.6 Å². The predicted molar refractivity (Wildman–Crippen MR) is 52.9 cm³/mol. The second kappa shape index (κ2) is 3.67. The average molecular weight is 238 g/mol. The Morgan fingerprint density at radius 3 is 2.07 bits per heavy atom. The summed E-state index contributed by atoms with van der Waals surface area (Å²) < 4.78 is 36.9. The fraction of sp³-hybridized carbons (Fsp3) is 0.500. The van der Waals surface area contributed by atoms with Crippen molar-refractivity contribution in [3.8, 4) is 0 Å². The molecule has 0 unspecified atom stereocenters. The lowest BCUT2D eigenvalue weighted by molar-refractivity contribution is -0.137. The van der Waals surface area contributed by atoms with Crippen LogP contribution < -0.4 is 0 Å². The van der Waals surface area contributed by atoms with Gasteiger partial charge in [-0.25, -0.2) is 0 Å². The number of hydrogen-bond donors (Lipinski definition) is 0. The van der Waals surface area contributed by atoms with Gasteiger partial charge in [-0.3, -0.25) is 4.98 Å². The summed E-state index contributed by atoms with van der Waals surface area (Å²) in [5, 5.41) is 0.0531. The van der Waals surface area contributed by atoms with Crippen molar-refractivity contribution in [2.75, 3.05) is 0 Å². The maximum Gasteiger partial charge on any atom is 0.417 e. The second-order valence-electron chi connectivity index (χ2n) is 4.30. The van der Waals surface area contributed by atoms with E-state index in [9.17, 15) is 13.2 Å². The molecule has 0 N–H and O–H groups in total. The van der Waals surface area contributed by atoms with Gasteiger partial charge in [0.1, 0.15) is 0 Å². The standard InChI is InChI=1S/C10H11ClF3N/c1-9(2,3)8-7(11)4-6(5-15-8)10(12,13)14/h4-5H,1-3H3. The first-order valence-electron chi connectivity index (χ1n) is 4.35. The minimum Gasteiger partial charge on any atom is -0.259 e. The highest BCUT2D eigenvalue weighted by Crippen LogP contribution is 2.34. The van der Waals surface area contributed by atoms with Crippen LogP contribution in [0.2, 0.25) is 5.02 Å². The molecular formula is C10H11ClF3N. The molecule has 1 aromatic rings. The Morgan fingerprint density at radius 1 is 1.20 bits per heavy atom. The number of halogens is 4. The van der Waals surface area contributed by atoms with E-state index in [-0.39, 0.29) is 10.4 Å². The Hall–Kier alpha value is -0.770. The summed E-state index contributed by atoms with van der Waals surface area (Å²) in [6.07, 6.45) is -3.58. The van der Waals surface area contributed by atoms with E-state index in [1.54, 1.807) is 0 Å². The summed E-state index contributed by atoms with van der Waals surface area (Å²) in [7, 11) is 0. The number of aromatic nitrogens is 1. The summed E-state index contributed by atoms with van der Waals surface area (Å²) in [4.78, 5) is 3.76. The molecule has 0 amide bonds. The zero-order valence-electron chi connectivity index (χ0n) is 8.61. The first-order valence-corrected chi connectivity index (χ1v) is 4.73. The van der Waals surface area contributed by atoms with E-state index in [4.69, 9.17) is 11.6 Å². The van der Waals surface area contributed by atoms with Crippen LogP contribution in [0.3, 0.4) is 0 Å². The SMILES string of the molecule is CC(C)(C)c1ncc(C(F)(F)F)cc1Cl. The fourth-order valence-electron chi connectivity index (χ4n) is 1.14. The molecule has 0 saturated carbocycles. The first kappa shape index (κ1) is 12.3. The van der Waals surface area contributed by atoms with Gasteiger partial charge in [0.2, 0.25) is 0 Å². The number of pyridine rings is 1.